The first-order chi connectivity index (χ1) is 15.9. The average Bonchev–Trinajstić information content (AvgIpc) is 2.77. The Hall–Kier alpha value is -2.58. The van der Waals surface area contributed by atoms with Gasteiger partial charge >= 0.3 is 0 Å². The van der Waals surface area contributed by atoms with Gasteiger partial charge in [0.1, 0.15) is 6.04 Å². The van der Waals surface area contributed by atoms with Gasteiger partial charge in [0.25, 0.3) is 0 Å². The number of carbonyl (C=O) groups is 2. The lowest BCUT2D eigenvalue weighted by Crippen LogP contribution is -2.47. The fraction of sp³-hybridized carbons (Fsp3) is 0.440. The number of halogens is 1. The van der Waals surface area contributed by atoms with Gasteiger partial charge < -0.3 is 10.2 Å². The van der Waals surface area contributed by atoms with E-state index in [0.717, 1.165) is 22.9 Å². The Bertz CT molecular complexity index is 1100. The van der Waals surface area contributed by atoms with E-state index in [1.807, 2.05) is 45.0 Å². The number of aryl methyl sites for hydroxylation is 2. The first-order valence-corrected chi connectivity index (χ1v) is 13.5. The Morgan fingerprint density at radius 1 is 1.09 bits per heavy atom. The first-order valence-electron chi connectivity index (χ1n) is 11.3. The van der Waals surface area contributed by atoms with Gasteiger partial charge in [-0.05, 0) is 57.4 Å². The monoisotopic (exact) mass is 507 g/mol. The molecule has 1 N–H and O–H groups in total. The SMILES string of the molecule is CCNC(=O)C(C)N(Cc1ccc(C)cc1)C(=O)CCCN(c1cc(Cl)ccc1C)S(C)(=O)=O. The van der Waals surface area contributed by atoms with E-state index in [1.165, 1.54) is 4.31 Å². The summed E-state index contributed by atoms with van der Waals surface area (Å²) in [6.45, 7) is 8.22. The highest BCUT2D eigenvalue weighted by molar-refractivity contribution is 7.92. The third-order valence-electron chi connectivity index (χ3n) is 5.58. The maximum atomic E-state index is 13.2. The Morgan fingerprint density at radius 3 is 2.32 bits per heavy atom. The van der Waals surface area contributed by atoms with E-state index in [-0.39, 0.29) is 24.8 Å². The minimum atomic E-state index is -3.58. The summed E-state index contributed by atoms with van der Waals surface area (Å²) in [4.78, 5) is 27.3. The molecule has 0 aliphatic rings. The molecular weight excluding hydrogens is 474 g/mol. The molecule has 2 rings (SSSR count). The quantitative estimate of drug-likeness (QED) is 0.497. The lowest BCUT2D eigenvalue weighted by Gasteiger charge is -2.29. The molecule has 0 aliphatic carbocycles. The summed E-state index contributed by atoms with van der Waals surface area (Å²) in [6, 6.07) is 12.2. The Morgan fingerprint density at radius 2 is 1.74 bits per heavy atom. The molecule has 0 spiro atoms. The largest absolute Gasteiger partial charge is 0.355 e. The minimum Gasteiger partial charge on any atom is -0.355 e. The molecule has 34 heavy (non-hydrogen) atoms. The van der Waals surface area contributed by atoms with Crippen molar-refractivity contribution in [3.8, 4) is 0 Å². The zero-order valence-corrected chi connectivity index (χ0v) is 22.0. The fourth-order valence-electron chi connectivity index (χ4n) is 3.63. The lowest BCUT2D eigenvalue weighted by atomic mass is 10.1. The van der Waals surface area contributed by atoms with E-state index < -0.39 is 16.1 Å². The van der Waals surface area contributed by atoms with Crippen LogP contribution in [0.1, 0.15) is 43.4 Å². The van der Waals surface area contributed by atoms with Gasteiger partial charge in [-0.2, -0.15) is 0 Å². The van der Waals surface area contributed by atoms with Crippen LogP contribution in [-0.4, -0.2) is 50.5 Å². The minimum absolute atomic E-state index is 0.0985. The van der Waals surface area contributed by atoms with Crippen molar-refractivity contribution >= 4 is 39.1 Å². The van der Waals surface area contributed by atoms with Crippen molar-refractivity contribution in [3.63, 3.8) is 0 Å². The number of benzene rings is 2. The summed E-state index contributed by atoms with van der Waals surface area (Å²) < 4.78 is 26.2. The van der Waals surface area contributed by atoms with Gasteiger partial charge in [-0.3, -0.25) is 13.9 Å². The van der Waals surface area contributed by atoms with Crippen LogP contribution in [0.2, 0.25) is 5.02 Å². The maximum absolute atomic E-state index is 13.2. The van der Waals surface area contributed by atoms with Crippen LogP contribution < -0.4 is 9.62 Å². The van der Waals surface area contributed by atoms with Gasteiger partial charge in [0.05, 0.1) is 11.9 Å². The van der Waals surface area contributed by atoms with E-state index in [0.29, 0.717) is 30.2 Å². The molecule has 0 radical (unpaired) electrons. The average molecular weight is 508 g/mol. The van der Waals surface area contributed by atoms with Crippen LogP contribution in [0.3, 0.4) is 0 Å². The Kier molecular flexibility index (Phi) is 9.94. The first kappa shape index (κ1) is 27.7. The number of sulfonamides is 1. The van der Waals surface area contributed by atoms with Crippen LogP contribution in [0.5, 0.6) is 0 Å². The second kappa shape index (κ2) is 12.2. The van der Waals surface area contributed by atoms with Crippen LogP contribution in [0.15, 0.2) is 42.5 Å². The third kappa shape index (κ3) is 7.74. The highest BCUT2D eigenvalue weighted by Crippen LogP contribution is 2.27. The molecule has 2 aromatic rings. The van der Waals surface area contributed by atoms with Crippen LogP contribution in [0.4, 0.5) is 5.69 Å². The summed E-state index contributed by atoms with van der Waals surface area (Å²) in [7, 11) is -3.58. The molecule has 0 saturated heterocycles. The Labute approximate surface area is 208 Å². The van der Waals surface area contributed by atoms with Crippen molar-refractivity contribution in [2.75, 3.05) is 23.7 Å². The van der Waals surface area contributed by atoms with Crippen LogP contribution in [0.25, 0.3) is 0 Å². The van der Waals surface area contributed by atoms with Gasteiger partial charge in [-0.25, -0.2) is 8.42 Å². The van der Waals surface area contributed by atoms with Crippen molar-refractivity contribution in [3.05, 3.63) is 64.2 Å². The molecule has 2 amide bonds. The molecule has 0 aromatic heterocycles. The van der Waals surface area contributed by atoms with E-state index in [4.69, 9.17) is 11.6 Å². The number of amides is 2. The summed E-state index contributed by atoms with van der Waals surface area (Å²) in [6.07, 6.45) is 1.53. The molecular formula is C25H34ClN3O4S. The van der Waals surface area contributed by atoms with Crippen molar-refractivity contribution in [2.24, 2.45) is 0 Å². The van der Waals surface area contributed by atoms with Gasteiger partial charge in [-0.15, -0.1) is 0 Å². The van der Waals surface area contributed by atoms with Gasteiger partial charge in [-0.1, -0.05) is 47.5 Å². The molecule has 1 atom stereocenters. The topological polar surface area (TPSA) is 86.8 Å². The molecule has 0 bridgehead atoms. The van der Waals surface area contributed by atoms with Crippen LogP contribution >= 0.6 is 11.6 Å². The van der Waals surface area contributed by atoms with Gasteiger partial charge in [0, 0.05) is 31.1 Å². The van der Waals surface area contributed by atoms with E-state index in [9.17, 15) is 18.0 Å². The number of carbonyl (C=O) groups excluding carboxylic acids is 2. The molecule has 0 saturated carbocycles. The number of likely N-dealkylation sites (N-methyl/N-ethyl adjacent to an activating group) is 1. The summed E-state index contributed by atoms with van der Waals surface area (Å²) in [5, 5.41) is 3.21. The zero-order valence-electron chi connectivity index (χ0n) is 20.5. The number of nitrogens with zero attached hydrogens (tertiary/aromatic N) is 2. The summed E-state index contributed by atoms with van der Waals surface area (Å²) in [5.74, 6) is -0.439. The highest BCUT2D eigenvalue weighted by Gasteiger charge is 2.26. The number of anilines is 1. The smallest absolute Gasteiger partial charge is 0.242 e. The predicted molar refractivity (Wildman–Crippen MR) is 137 cm³/mol. The van der Waals surface area contributed by atoms with E-state index >= 15 is 0 Å². The van der Waals surface area contributed by atoms with Gasteiger partial charge in [0.15, 0.2) is 0 Å². The van der Waals surface area contributed by atoms with Crippen molar-refractivity contribution in [1.29, 1.82) is 0 Å². The molecule has 1 unspecified atom stereocenters. The number of hydrogen-bond donors (Lipinski definition) is 1. The number of rotatable bonds is 11. The third-order valence-corrected chi connectivity index (χ3v) is 7.00. The number of nitrogens with one attached hydrogen (secondary N) is 1. The zero-order chi connectivity index (χ0) is 25.5. The summed E-state index contributed by atoms with van der Waals surface area (Å²) >= 11 is 6.09. The Balaban J connectivity index is 2.18. The second-order valence-electron chi connectivity index (χ2n) is 8.45. The maximum Gasteiger partial charge on any atom is 0.242 e. The van der Waals surface area contributed by atoms with Crippen LogP contribution in [-0.2, 0) is 26.2 Å². The molecule has 0 aliphatic heterocycles. The van der Waals surface area contributed by atoms with Crippen molar-refractivity contribution < 1.29 is 18.0 Å². The van der Waals surface area contributed by atoms with Gasteiger partial charge in [0.2, 0.25) is 21.8 Å². The number of hydrogen-bond acceptors (Lipinski definition) is 4. The molecule has 9 heteroatoms. The molecule has 186 valence electrons. The van der Waals surface area contributed by atoms with Crippen molar-refractivity contribution in [2.45, 2.75) is 53.1 Å². The fourth-order valence-corrected chi connectivity index (χ4v) is 4.81. The molecule has 7 nitrogen and oxygen atoms in total. The molecule has 2 aromatic carbocycles. The molecule has 0 fully saturated rings. The standard InChI is InChI=1S/C25H34ClN3O4S/c1-6-27-25(31)20(4)28(17-21-12-9-18(2)10-13-21)24(30)8-7-15-29(34(5,32)33)23-16-22(26)14-11-19(23)3/h9-14,16,20H,6-8,15,17H2,1-5H3,(H,27,31). The normalized spacial score (nSPS) is 12.2. The highest BCUT2D eigenvalue weighted by atomic mass is 35.5. The summed E-state index contributed by atoms with van der Waals surface area (Å²) in [5.41, 5.74) is 3.29. The van der Waals surface area contributed by atoms with E-state index in [2.05, 4.69) is 5.32 Å². The lowest BCUT2D eigenvalue weighted by molar-refractivity contribution is -0.140. The second-order valence-corrected chi connectivity index (χ2v) is 10.8. The van der Waals surface area contributed by atoms with Crippen molar-refractivity contribution in [1.82, 2.24) is 10.2 Å². The molecule has 0 heterocycles. The predicted octanol–water partition coefficient (Wildman–Crippen LogP) is 4.06. The van der Waals surface area contributed by atoms with Crippen LogP contribution in [0, 0.1) is 13.8 Å². The van der Waals surface area contributed by atoms with E-state index in [1.54, 1.807) is 30.0 Å².